The largest absolute Gasteiger partial charge is 0.363 e. The molecule has 0 aliphatic rings. The first-order valence-corrected chi connectivity index (χ1v) is 8.82. The second-order valence-electron chi connectivity index (χ2n) is 6.03. The lowest BCUT2D eigenvalue weighted by Gasteiger charge is -2.17. The molecular weight excluding hydrogens is 380 g/mol. The van der Waals surface area contributed by atoms with Crippen LogP contribution in [0.4, 0.5) is 0 Å². The summed E-state index contributed by atoms with van der Waals surface area (Å²) in [4.78, 5) is 36.6. The van der Waals surface area contributed by atoms with Crippen LogP contribution in [0.1, 0.15) is 16.1 Å². The molecule has 1 aromatic heterocycles. The van der Waals surface area contributed by atoms with Crippen LogP contribution in [0.5, 0.6) is 0 Å². The van der Waals surface area contributed by atoms with E-state index in [2.05, 4.69) is 10.4 Å². The number of halogens is 1. The minimum absolute atomic E-state index is 0.0585. The number of nitrogens with one attached hydrogen (secondary N) is 1. The molecule has 0 fully saturated rings. The number of carbonyl (C=O) groups excluding carboxylic acids is 3. The van der Waals surface area contributed by atoms with Crippen LogP contribution in [-0.4, -0.2) is 33.4 Å². The standard InChI is InChI=1S/C20H17ClN4O3/c21-15-12-23-25(14-9-5-2-6-10-14)17(15)20(28)24-16(18(26)19(22)27)11-13-7-3-1-4-8-13/h1-10,12,16H,11H2,(H2,22,27)(H,24,28). The van der Waals surface area contributed by atoms with Gasteiger partial charge in [0, 0.05) is 6.42 Å². The predicted molar refractivity (Wildman–Crippen MR) is 104 cm³/mol. The lowest BCUT2D eigenvalue weighted by atomic mass is 10.0. The smallest absolute Gasteiger partial charge is 0.287 e. The highest BCUT2D eigenvalue weighted by molar-refractivity contribution is 6.38. The zero-order chi connectivity index (χ0) is 20.1. The number of hydrogen-bond donors (Lipinski definition) is 2. The van der Waals surface area contributed by atoms with Crippen LogP contribution in [0.3, 0.4) is 0 Å². The van der Waals surface area contributed by atoms with Crippen molar-refractivity contribution in [3.05, 3.63) is 83.1 Å². The number of aromatic nitrogens is 2. The minimum atomic E-state index is -1.12. The molecule has 0 saturated heterocycles. The van der Waals surface area contributed by atoms with E-state index in [-0.39, 0.29) is 17.1 Å². The van der Waals surface area contributed by atoms with Crippen LogP contribution in [0.15, 0.2) is 66.9 Å². The summed E-state index contributed by atoms with van der Waals surface area (Å²) >= 11 is 6.15. The Balaban J connectivity index is 1.89. The van der Waals surface area contributed by atoms with E-state index >= 15 is 0 Å². The number of rotatable bonds is 7. The summed E-state index contributed by atoms with van der Waals surface area (Å²) in [6.45, 7) is 0. The van der Waals surface area contributed by atoms with Crippen LogP contribution < -0.4 is 11.1 Å². The van der Waals surface area contributed by atoms with Crippen LogP contribution >= 0.6 is 11.6 Å². The maximum absolute atomic E-state index is 12.9. The maximum Gasteiger partial charge on any atom is 0.287 e. The fourth-order valence-corrected chi connectivity index (χ4v) is 2.96. The molecule has 7 nitrogen and oxygen atoms in total. The summed E-state index contributed by atoms with van der Waals surface area (Å²) < 4.78 is 1.37. The number of ketones is 1. The average molecular weight is 397 g/mol. The molecule has 0 aliphatic heterocycles. The van der Waals surface area contributed by atoms with Gasteiger partial charge < -0.3 is 11.1 Å². The van der Waals surface area contributed by atoms with Gasteiger partial charge in [-0.1, -0.05) is 60.1 Å². The van der Waals surface area contributed by atoms with Crippen molar-refractivity contribution in [2.75, 3.05) is 0 Å². The summed E-state index contributed by atoms with van der Waals surface area (Å²) in [7, 11) is 0. The number of nitrogens with zero attached hydrogens (tertiary/aromatic N) is 2. The molecule has 2 aromatic carbocycles. The van der Waals surface area contributed by atoms with Crippen molar-refractivity contribution in [1.82, 2.24) is 15.1 Å². The summed E-state index contributed by atoms with van der Waals surface area (Å²) in [5.74, 6) is -2.65. The number of benzene rings is 2. The first-order valence-electron chi connectivity index (χ1n) is 8.44. The van der Waals surface area contributed by atoms with Gasteiger partial charge in [0.25, 0.3) is 11.8 Å². The molecular formula is C20H17ClN4O3. The van der Waals surface area contributed by atoms with Crippen molar-refractivity contribution in [3.8, 4) is 5.69 Å². The Labute approximate surface area is 166 Å². The van der Waals surface area contributed by atoms with Crippen LogP contribution in [0, 0.1) is 0 Å². The Morgan fingerprint density at radius 1 is 1.04 bits per heavy atom. The first kappa shape index (κ1) is 19.3. The number of carbonyl (C=O) groups is 3. The van der Waals surface area contributed by atoms with Gasteiger partial charge >= 0.3 is 0 Å². The molecule has 1 heterocycles. The monoisotopic (exact) mass is 396 g/mol. The molecule has 1 unspecified atom stereocenters. The molecule has 28 heavy (non-hydrogen) atoms. The highest BCUT2D eigenvalue weighted by atomic mass is 35.5. The number of nitrogens with two attached hydrogens (primary N) is 1. The van der Waals surface area contributed by atoms with E-state index in [9.17, 15) is 14.4 Å². The van der Waals surface area contributed by atoms with Crippen molar-refractivity contribution in [1.29, 1.82) is 0 Å². The van der Waals surface area contributed by atoms with Crippen molar-refractivity contribution >= 4 is 29.2 Å². The molecule has 0 radical (unpaired) electrons. The molecule has 0 aliphatic carbocycles. The van der Waals surface area contributed by atoms with Gasteiger partial charge in [0.15, 0.2) is 5.69 Å². The third-order valence-corrected chi connectivity index (χ3v) is 4.36. The first-order chi connectivity index (χ1) is 13.5. The molecule has 3 rings (SSSR count). The zero-order valence-corrected chi connectivity index (χ0v) is 15.5. The van der Waals surface area contributed by atoms with E-state index in [0.717, 1.165) is 5.56 Å². The summed E-state index contributed by atoms with van der Waals surface area (Å²) in [5, 5.41) is 6.81. The number of primary amides is 1. The molecule has 8 heteroatoms. The minimum Gasteiger partial charge on any atom is -0.363 e. The Morgan fingerprint density at radius 3 is 2.25 bits per heavy atom. The van der Waals surface area contributed by atoms with Gasteiger partial charge in [-0.2, -0.15) is 5.10 Å². The van der Waals surface area contributed by atoms with Crippen molar-refractivity contribution in [2.45, 2.75) is 12.5 Å². The molecule has 3 aromatic rings. The summed E-state index contributed by atoms with van der Waals surface area (Å²) in [6, 6.07) is 16.8. The van der Waals surface area contributed by atoms with Crippen LogP contribution in [-0.2, 0) is 16.0 Å². The Hall–Kier alpha value is -3.45. The van der Waals surface area contributed by atoms with Gasteiger partial charge in [-0.3, -0.25) is 14.4 Å². The van der Waals surface area contributed by atoms with E-state index in [1.165, 1.54) is 10.9 Å². The van der Waals surface area contributed by atoms with Gasteiger partial charge in [-0.05, 0) is 17.7 Å². The zero-order valence-electron chi connectivity index (χ0n) is 14.7. The SMILES string of the molecule is NC(=O)C(=O)C(Cc1ccccc1)NC(=O)c1c(Cl)cnn1-c1ccccc1. The summed E-state index contributed by atoms with van der Waals surface area (Å²) in [6.07, 6.45) is 1.46. The molecule has 0 bridgehead atoms. The number of para-hydroxylation sites is 1. The van der Waals surface area contributed by atoms with Gasteiger partial charge in [0.2, 0.25) is 5.78 Å². The third kappa shape index (κ3) is 4.27. The highest BCUT2D eigenvalue weighted by Crippen LogP contribution is 2.19. The quantitative estimate of drug-likeness (QED) is 0.595. The molecule has 142 valence electrons. The van der Waals surface area contributed by atoms with Gasteiger partial charge in [0.05, 0.1) is 16.9 Å². The fraction of sp³-hybridized carbons (Fsp3) is 0.100. The topological polar surface area (TPSA) is 107 Å². The molecule has 2 amide bonds. The fourth-order valence-electron chi connectivity index (χ4n) is 2.76. The van der Waals surface area contributed by atoms with Crippen molar-refractivity contribution in [3.63, 3.8) is 0 Å². The third-order valence-electron chi connectivity index (χ3n) is 4.09. The Bertz CT molecular complexity index is 1000. The highest BCUT2D eigenvalue weighted by Gasteiger charge is 2.28. The van der Waals surface area contributed by atoms with Crippen LogP contribution in [0.25, 0.3) is 5.69 Å². The van der Waals surface area contributed by atoms with Gasteiger partial charge in [0.1, 0.15) is 6.04 Å². The number of hydrogen-bond acceptors (Lipinski definition) is 4. The second-order valence-corrected chi connectivity index (χ2v) is 6.44. The molecule has 1 atom stereocenters. The Morgan fingerprint density at radius 2 is 1.64 bits per heavy atom. The Kier molecular flexibility index (Phi) is 5.86. The molecule has 0 saturated carbocycles. The van der Waals surface area contributed by atoms with Gasteiger partial charge in [-0.15, -0.1) is 0 Å². The molecule has 3 N–H and O–H groups in total. The number of Topliss-reactive ketones (excluding diaryl/α,β-unsaturated/α-hetero) is 1. The molecule has 0 spiro atoms. The summed E-state index contributed by atoms with van der Waals surface area (Å²) in [5.41, 5.74) is 6.60. The van der Waals surface area contributed by atoms with Gasteiger partial charge in [-0.25, -0.2) is 4.68 Å². The van der Waals surface area contributed by atoms with E-state index in [1.54, 1.807) is 48.5 Å². The number of amides is 2. The lowest BCUT2D eigenvalue weighted by Crippen LogP contribution is -2.47. The van der Waals surface area contributed by atoms with Crippen LogP contribution in [0.2, 0.25) is 5.02 Å². The predicted octanol–water partition coefficient (Wildman–Crippen LogP) is 1.92. The van der Waals surface area contributed by atoms with Crippen molar-refractivity contribution < 1.29 is 14.4 Å². The average Bonchev–Trinajstić information content (AvgIpc) is 3.10. The normalized spacial score (nSPS) is 11.6. The second kappa shape index (κ2) is 8.49. The van der Waals surface area contributed by atoms with E-state index in [4.69, 9.17) is 17.3 Å². The van der Waals surface area contributed by atoms with E-state index < -0.39 is 23.6 Å². The maximum atomic E-state index is 12.9. The van der Waals surface area contributed by atoms with Crippen molar-refractivity contribution in [2.24, 2.45) is 5.73 Å². The van der Waals surface area contributed by atoms with E-state index in [1.807, 2.05) is 12.1 Å². The van der Waals surface area contributed by atoms with E-state index in [0.29, 0.717) is 5.69 Å². The lowest BCUT2D eigenvalue weighted by molar-refractivity contribution is -0.137.